The summed E-state index contributed by atoms with van der Waals surface area (Å²) in [4.78, 5) is 0.238. The van der Waals surface area contributed by atoms with Crippen LogP contribution in [0.1, 0.15) is 17.5 Å². The van der Waals surface area contributed by atoms with Gasteiger partial charge in [0.15, 0.2) is 0 Å². The van der Waals surface area contributed by atoms with E-state index in [1.165, 1.54) is 5.56 Å². The van der Waals surface area contributed by atoms with E-state index in [2.05, 4.69) is 16.9 Å². The van der Waals surface area contributed by atoms with Crippen molar-refractivity contribution in [1.29, 1.82) is 0 Å². The van der Waals surface area contributed by atoms with E-state index in [4.69, 9.17) is 4.74 Å². The molecule has 5 heteroatoms. The molecule has 0 saturated carbocycles. The Hall–Kier alpha value is -2.79. The molecule has 0 fully saturated rings. The highest BCUT2D eigenvalue weighted by molar-refractivity contribution is 7.92. The molecule has 0 aliphatic rings. The second-order valence-electron chi connectivity index (χ2n) is 6.38. The van der Waals surface area contributed by atoms with E-state index in [1.54, 1.807) is 42.5 Å². The second kappa shape index (κ2) is 8.73. The van der Waals surface area contributed by atoms with Crippen molar-refractivity contribution in [2.45, 2.75) is 24.7 Å². The maximum absolute atomic E-state index is 12.5. The van der Waals surface area contributed by atoms with Crippen LogP contribution in [0.15, 0.2) is 83.8 Å². The lowest BCUT2D eigenvalue weighted by atomic mass is 10.1. The quantitative estimate of drug-likeness (QED) is 0.570. The molecule has 3 rings (SSSR count). The zero-order chi connectivity index (χ0) is 19.1. The van der Waals surface area contributed by atoms with Gasteiger partial charge in [0.2, 0.25) is 0 Å². The summed E-state index contributed by atoms with van der Waals surface area (Å²) < 4.78 is 33.4. The first-order valence-electron chi connectivity index (χ1n) is 8.89. The fourth-order valence-electron chi connectivity index (χ4n) is 2.69. The number of anilines is 1. The van der Waals surface area contributed by atoms with Gasteiger partial charge in [0.1, 0.15) is 5.75 Å². The molecule has 0 atom stereocenters. The Labute approximate surface area is 160 Å². The van der Waals surface area contributed by atoms with Crippen LogP contribution >= 0.6 is 0 Å². The number of rotatable bonds is 8. The Morgan fingerprint density at radius 1 is 0.889 bits per heavy atom. The third kappa shape index (κ3) is 5.59. The first-order valence-corrected chi connectivity index (χ1v) is 10.4. The Morgan fingerprint density at radius 3 is 2.37 bits per heavy atom. The Balaban J connectivity index is 1.57. The minimum absolute atomic E-state index is 0.238. The molecule has 0 heterocycles. The summed E-state index contributed by atoms with van der Waals surface area (Å²) in [6.07, 6.45) is 1.84. The molecule has 140 valence electrons. The lowest BCUT2D eigenvalue weighted by Gasteiger charge is -2.11. The van der Waals surface area contributed by atoms with Crippen molar-refractivity contribution < 1.29 is 13.2 Å². The molecule has 0 bridgehead atoms. The van der Waals surface area contributed by atoms with E-state index < -0.39 is 10.0 Å². The normalized spacial score (nSPS) is 11.1. The number of benzene rings is 3. The number of hydrogen-bond donors (Lipinski definition) is 1. The summed E-state index contributed by atoms with van der Waals surface area (Å²) in [5.41, 5.74) is 2.77. The Morgan fingerprint density at radius 2 is 1.63 bits per heavy atom. The average Bonchev–Trinajstić information content (AvgIpc) is 2.66. The topological polar surface area (TPSA) is 55.4 Å². The van der Waals surface area contributed by atoms with Crippen LogP contribution in [0.4, 0.5) is 5.69 Å². The molecule has 0 saturated heterocycles. The number of nitrogens with one attached hydrogen (secondary N) is 1. The minimum atomic E-state index is -3.61. The molecule has 0 aliphatic heterocycles. The predicted molar refractivity (Wildman–Crippen MR) is 109 cm³/mol. The van der Waals surface area contributed by atoms with Gasteiger partial charge in [0, 0.05) is 6.07 Å². The van der Waals surface area contributed by atoms with Crippen LogP contribution in [0.2, 0.25) is 0 Å². The predicted octanol–water partition coefficient (Wildman–Crippen LogP) is 4.81. The van der Waals surface area contributed by atoms with Crippen molar-refractivity contribution in [3.05, 3.63) is 90.0 Å². The molecule has 3 aromatic carbocycles. The number of hydrogen-bond acceptors (Lipinski definition) is 3. The van der Waals surface area contributed by atoms with Crippen LogP contribution in [-0.2, 0) is 16.4 Å². The van der Waals surface area contributed by atoms with Gasteiger partial charge in [-0.25, -0.2) is 8.42 Å². The van der Waals surface area contributed by atoms with Crippen molar-refractivity contribution in [2.24, 2.45) is 0 Å². The molecule has 3 aromatic rings. The van der Waals surface area contributed by atoms with Crippen molar-refractivity contribution in [2.75, 3.05) is 11.3 Å². The maximum atomic E-state index is 12.5. The lowest BCUT2D eigenvalue weighted by molar-refractivity contribution is 0.311. The molecule has 1 N–H and O–H groups in total. The van der Waals surface area contributed by atoms with E-state index in [1.807, 2.05) is 31.2 Å². The summed E-state index contributed by atoms with van der Waals surface area (Å²) >= 11 is 0. The van der Waals surface area contributed by atoms with E-state index in [0.717, 1.165) is 18.4 Å². The monoisotopic (exact) mass is 381 g/mol. The fraction of sp³-hybridized carbons (Fsp3) is 0.182. The zero-order valence-electron chi connectivity index (χ0n) is 15.3. The standard InChI is InChI=1S/C22H23NO3S/c1-18-12-14-22(15-13-18)27(24,25)23-20-10-5-11-21(17-20)26-16-6-9-19-7-3-2-4-8-19/h2-5,7-8,10-15,17,23H,6,9,16H2,1H3. The zero-order valence-corrected chi connectivity index (χ0v) is 16.1. The molecule has 0 aliphatic carbocycles. The molecule has 0 spiro atoms. The molecule has 4 nitrogen and oxygen atoms in total. The van der Waals surface area contributed by atoms with E-state index >= 15 is 0 Å². The summed E-state index contributed by atoms with van der Waals surface area (Å²) in [6, 6.07) is 24.0. The second-order valence-corrected chi connectivity index (χ2v) is 8.07. The summed E-state index contributed by atoms with van der Waals surface area (Å²) in [7, 11) is -3.61. The SMILES string of the molecule is Cc1ccc(S(=O)(=O)Nc2cccc(OCCCc3ccccc3)c2)cc1. The van der Waals surface area contributed by atoms with Crippen LogP contribution in [0.25, 0.3) is 0 Å². The maximum Gasteiger partial charge on any atom is 0.261 e. The Bertz CT molecular complexity index is 968. The van der Waals surface area contributed by atoms with Crippen molar-refractivity contribution in [1.82, 2.24) is 0 Å². The summed E-state index contributed by atoms with van der Waals surface area (Å²) in [6.45, 7) is 2.49. The fourth-order valence-corrected chi connectivity index (χ4v) is 3.74. The molecule has 0 radical (unpaired) electrons. The highest BCUT2D eigenvalue weighted by Gasteiger charge is 2.14. The first-order chi connectivity index (χ1) is 13.0. The number of ether oxygens (including phenoxy) is 1. The van der Waals surface area contributed by atoms with Gasteiger partial charge in [-0.2, -0.15) is 0 Å². The van der Waals surface area contributed by atoms with Crippen LogP contribution in [0, 0.1) is 6.92 Å². The van der Waals surface area contributed by atoms with Crippen molar-refractivity contribution in [3.63, 3.8) is 0 Å². The molecule has 0 unspecified atom stereocenters. The lowest BCUT2D eigenvalue weighted by Crippen LogP contribution is -2.13. The third-order valence-corrected chi connectivity index (χ3v) is 5.54. The minimum Gasteiger partial charge on any atom is -0.494 e. The van der Waals surface area contributed by atoms with E-state index in [0.29, 0.717) is 18.0 Å². The molecule has 0 aromatic heterocycles. The molecular weight excluding hydrogens is 358 g/mol. The average molecular weight is 381 g/mol. The van der Waals surface area contributed by atoms with Gasteiger partial charge < -0.3 is 4.74 Å². The van der Waals surface area contributed by atoms with E-state index in [9.17, 15) is 8.42 Å². The van der Waals surface area contributed by atoms with Crippen molar-refractivity contribution in [3.8, 4) is 5.75 Å². The highest BCUT2D eigenvalue weighted by Crippen LogP contribution is 2.21. The van der Waals surface area contributed by atoms with Crippen LogP contribution in [-0.4, -0.2) is 15.0 Å². The van der Waals surface area contributed by atoms with Gasteiger partial charge in [-0.3, -0.25) is 4.72 Å². The highest BCUT2D eigenvalue weighted by atomic mass is 32.2. The van der Waals surface area contributed by atoms with Crippen LogP contribution in [0.5, 0.6) is 5.75 Å². The summed E-state index contributed by atoms with van der Waals surface area (Å²) in [5, 5.41) is 0. The molecule has 0 amide bonds. The van der Waals surface area contributed by atoms with Gasteiger partial charge in [0.25, 0.3) is 10.0 Å². The molecular formula is C22H23NO3S. The number of sulfonamides is 1. The van der Waals surface area contributed by atoms with E-state index in [-0.39, 0.29) is 4.90 Å². The molecule has 27 heavy (non-hydrogen) atoms. The van der Waals surface area contributed by atoms with Crippen LogP contribution in [0.3, 0.4) is 0 Å². The van der Waals surface area contributed by atoms with Gasteiger partial charge in [0.05, 0.1) is 17.2 Å². The summed E-state index contributed by atoms with van der Waals surface area (Å²) in [5.74, 6) is 0.646. The van der Waals surface area contributed by atoms with Gasteiger partial charge in [-0.1, -0.05) is 54.1 Å². The van der Waals surface area contributed by atoms with Crippen LogP contribution < -0.4 is 9.46 Å². The van der Waals surface area contributed by atoms with Gasteiger partial charge in [-0.15, -0.1) is 0 Å². The van der Waals surface area contributed by atoms with Gasteiger partial charge >= 0.3 is 0 Å². The smallest absolute Gasteiger partial charge is 0.261 e. The van der Waals surface area contributed by atoms with Gasteiger partial charge in [-0.05, 0) is 49.6 Å². The van der Waals surface area contributed by atoms with Crippen molar-refractivity contribution >= 4 is 15.7 Å². The Kier molecular flexibility index (Phi) is 6.14. The third-order valence-electron chi connectivity index (χ3n) is 4.14. The first kappa shape index (κ1) is 19.0. The number of aryl methyl sites for hydroxylation is 2. The largest absolute Gasteiger partial charge is 0.494 e.